The lowest BCUT2D eigenvalue weighted by Gasteiger charge is -2.33. The molecule has 1 aliphatic rings. The van der Waals surface area contributed by atoms with Crippen molar-refractivity contribution in [1.29, 1.82) is 5.26 Å². The molecule has 0 aliphatic carbocycles. The van der Waals surface area contributed by atoms with Gasteiger partial charge in [0.2, 0.25) is 0 Å². The molecule has 2 amide bonds. The molecule has 1 aliphatic heterocycles. The van der Waals surface area contributed by atoms with Gasteiger partial charge in [0.15, 0.2) is 0 Å². The van der Waals surface area contributed by atoms with Gasteiger partial charge in [0, 0.05) is 28.4 Å². The molecule has 0 fully saturated rings. The van der Waals surface area contributed by atoms with Crippen LogP contribution in [0.5, 0.6) is 0 Å². The SMILES string of the molecule is Cn1c(C#N)ccc1CONC(=O)[C@@H]1c2ccccc2C(=O)N[C@H]1c1ccc(Cl)cc1Cl. The third kappa shape index (κ3) is 4.08. The van der Waals surface area contributed by atoms with Crippen molar-refractivity contribution in [3.05, 3.63) is 92.7 Å². The van der Waals surface area contributed by atoms with Crippen LogP contribution in [-0.2, 0) is 23.3 Å². The lowest BCUT2D eigenvalue weighted by Crippen LogP contribution is -2.44. The summed E-state index contributed by atoms with van der Waals surface area (Å²) < 4.78 is 1.68. The third-order valence-electron chi connectivity index (χ3n) is 5.47. The Hall–Kier alpha value is -3.31. The van der Waals surface area contributed by atoms with Crippen LogP contribution in [-0.4, -0.2) is 16.4 Å². The average Bonchev–Trinajstić information content (AvgIpc) is 3.13. The summed E-state index contributed by atoms with van der Waals surface area (Å²) in [5.74, 6) is -1.52. The predicted molar refractivity (Wildman–Crippen MR) is 119 cm³/mol. The molecule has 4 rings (SSSR count). The number of nitrogens with one attached hydrogen (secondary N) is 2. The molecule has 2 aromatic carbocycles. The van der Waals surface area contributed by atoms with Crippen LogP contribution in [0.3, 0.4) is 0 Å². The molecule has 0 saturated carbocycles. The summed E-state index contributed by atoms with van der Waals surface area (Å²) in [6, 6.07) is 16.6. The molecule has 9 heteroatoms. The van der Waals surface area contributed by atoms with Crippen LogP contribution in [0.4, 0.5) is 0 Å². The maximum absolute atomic E-state index is 13.3. The van der Waals surface area contributed by atoms with Gasteiger partial charge in [0.1, 0.15) is 18.4 Å². The standard InChI is InChI=1S/C23H18Cl2N4O3/c1-29-14(11-26)7-8-15(29)12-32-28-23(31)20-16-4-2-3-5-17(16)22(30)27-21(20)18-9-6-13(24)10-19(18)25/h2-10,20-21H,12H2,1H3,(H,27,30)(H,28,31)/t20-,21+/m1/s1. The Balaban J connectivity index is 1.62. The first-order chi connectivity index (χ1) is 15.4. The molecule has 2 atom stereocenters. The Morgan fingerprint density at radius 2 is 1.97 bits per heavy atom. The van der Waals surface area contributed by atoms with Crippen molar-refractivity contribution in [1.82, 2.24) is 15.4 Å². The number of carbonyl (C=O) groups is 2. The van der Waals surface area contributed by atoms with Gasteiger partial charge in [-0.2, -0.15) is 5.26 Å². The molecule has 0 bridgehead atoms. The Bertz CT molecular complexity index is 1250. The summed E-state index contributed by atoms with van der Waals surface area (Å²) in [6.07, 6.45) is 0. The Morgan fingerprint density at radius 3 is 2.69 bits per heavy atom. The highest BCUT2D eigenvalue weighted by Gasteiger charge is 2.40. The van der Waals surface area contributed by atoms with Crippen LogP contribution in [0.1, 0.15) is 44.8 Å². The van der Waals surface area contributed by atoms with E-state index in [-0.39, 0.29) is 12.5 Å². The van der Waals surface area contributed by atoms with Gasteiger partial charge in [-0.3, -0.25) is 14.4 Å². The van der Waals surface area contributed by atoms with Gasteiger partial charge in [-0.15, -0.1) is 0 Å². The van der Waals surface area contributed by atoms with Gasteiger partial charge in [-0.1, -0.05) is 47.5 Å². The van der Waals surface area contributed by atoms with E-state index in [1.165, 1.54) is 0 Å². The van der Waals surface area contributed by atoms with Gasteiger partial charge >= 0.3 is 0 Å². The van der Waals surface area contributed by atoms with Crippen LogP contribution >= 0.6 is 23.2 Å². The van der Waals surface area contributed by atoms with E-state index >= 15 is 0 Å². The number of hydrogen-bond donors (Lipinski definition) is 2. The minimum Gasteiger partial charge on any atom is -0.344 e. The van der Waals surface area contributed by atoms with Crippen molar-refractivity contribution in [2.24, 2.45) is 7.05 Å². The zero-order valence-electron chi connectivity index (χ0n) is 16.9. The van der Waals surface area contributed by atoms with Crippen LogP contribution in [0.25, 0.3) is 0 Å². The summed E-state index contributed by atoms with van der Waals surface area (Å²) >= 11 is 12.4. The number of rotatable bonds is 5. The fraction of sp³-hybridized carbons (Fsp3) is 0.174. The predicted octanol–water partition coefficient (Wildman–Crippen LogP) is 4.02. The number of hydrogen-bond acceptors (Lipinski definition) is 4. The Labute approximate surface area is 194 Å². The van der Waals surface area contributed by atoms with E-state index in [1.807, 2.05) is 0 Å². The molecular formula is C23H18Cl2N4O3. The Morgan fingerprint density at radius 1 is 1.19 bits per heavy atom. The molecule has 3 aromatic rings. The number of halogens is 2. The van der Waals surface area contributed by atoms with E-state index in [0.717, 1.165) is 5.69 Å². The van der Waals surface area contributed by atoms with Gasteiger partial charge < -0.3 is 9.88 Å². The number of aromatic nitrogens is 1. The zero-order chi connectivity index (χ0) is 22.8. The van der Waals surface area contributed by atoms with E-state index in [4.69, 9.17) is 33.3 Å². The van der Waals surface area contributed by atoms with Crippen LogP contribution in [0, 0.1) is 11.3 Å². The molecule has 0 radical (unpaired) electrons. The van der Waals surface area contributed by atoms with Crippen LogP contribution < -0.4 is 10.8 Å². The molecule has 0 saturated heterocycles. The average molecular weight is 469 g/mol. The van der Waals surface area contributed by atoms with Crippen molar-refractivity contribution in [3.63, 3.8) is 0 Å². The molecule has 162 valence electrons. The van der Waals surface area contributed by atoms with E-state index in [9.17, 15) is 9.59 Å². The smallest absolute Gasteiger partial charge is 0.253 e. The molecule has 7 nitrogen and oxygen atoms in total. The number of fused-ring (bicyclic) bond motifs is 1. The van der Waals surface area contributed by atoms with Crippen LogP contribution in [0.15, 0.2) is 54.6 Å². The van der Waals surface area contributed by atoms with E-state index in [0.29, 0.717) is 32.4 Å². The number of nitrogens with zero attached hydrogens (tertiary/aromatic N) is 2. The topological polar surface area (TPSA) is 96.2 Å². The number of carbonyl (C=O) groups excluding carboxylic acids is 2. The second-order valence-electron chi connectivity index (χ2n) is 7.32. The quantitative estimate of drug-likeness (QED) is 0.552. The minimum atomic E-state index is -0.786. The molecule has 1 aromatic heterocycles. The zero-order valence-corrected chi connectivity index (χ0v) is 18.4. The lowest BCUT2D eigenvalue weighted by molar-refractivity contribution is -0.137. The molecule has 2 heterocycles. The molecule has 2 N–H and O–H groups in total. The monoisotopic (exact) mass is 468 g/mol. The molecular weight excluding hydrogens is 451 g/mol. The summed E-state index contributed by atoms with van der Waals surface area (Å²) in [7, 11) is 1.74. The largest absolute Gasteiger partial charge is 0.344 e. The number of amides is 2. The highest BCUT2D eigenvalue weighted by molar-refractivity contribution is 6.35. The summed E-state index contributed by atoms with van der Waals surface area (Å²) in [5, 5.41) is 12.7. The number of benzene rings is 2. The molecule has 0 spiro atoms. The molecule has 32 heavy (non-hydrogen) atoms. The van der Waals surface area contributed by atoms with Gasteiger partial charge in [-0.05, 0) is 41.5 Å². The highest BCUT2D eigenvalue weighted by Crippen LogP contribution is 2.40. The fourth-order valence-corrected chi connectivity index (χ4v) is 4.34. The third-order valence-corrected chi connectivity index (χ3v) is 6.04. The molecule has 0 unspecified atom stereocenters. The van der Waals surface area contributed by atoms with Gasteiger partial charge in [0.05, 0.1) is 12.0 Å². The Kier molecular flexibility index (Phi) is 6.19. The summed E-state index contributed by atoms with van der Waals surface area (Å²) in [4.78, 5) is 31.4. The first-order valence-corrected chi connectivity index (χ1v) is 10.5. The number of nitriles is 1. The van der Waals surface area contributed by atoms with Crippen LogP contribution in [0.2, 0.25) is 10.0 Å². The van der Waals surface area contributed by atoms with E-state index in [1.54, 1.807) is 66.2 Å². The van der Waals surface area contributed by atoms with Crippen molar-refractivity contribution in [2.45, 2.75) is 18.6 Å². The fourth-order valence-electron chi connectivity index (χ4n) is 3.82. The summed E-state index contributed by atoms with van der Waals surface area (Å²) in [5.41, 5.74) is 5.24. The van der Waals surface area contributed by atoms with Gasteiger partial charge in [-0.25, -0.2) is 5.48 Å². The van der Waals surface area contributed by atoms with Crippen molar-refractivity contribution in [2.75, 3.05) is 0 Å². The van der Waals surface area contributed by atoms with E-state index in [2.05, 4.69) is 16.9 Å². The maximum Gasteiger partial charge on any atom is 0.253 e. The van der Waals surface area contributed by atoms with Crippen molar-refractivity contribution < 1.29 is 14.4 Å². The maximum atomic E-state index is 13.3. The second kappa shape index (κ2) is 9.05. The normalized spacial score (nSPS) is 17.2. The van der Waals surface area contributed by atoms with Crippen molar-refractivity contribution in [3.8, 4) is 6.07 Å². The minimum absolute atomic E-state index is 0.0665. The lowest BCUT2D eigenvalue weighted by atomic mass is 9.80. The number of hydroxylamine groups is 1. The second-order valence-corrected chi connectivity index (χ2v) is 8.16. The first-order valence-electron chi connectivity index (χ1n) is 9.71. The van der Waals surface area contributed by atoms with E-state index < -0.39 is 17.9 Å². The van der Waals surface area contributed by atoms with Gasteiger partial charge in [0.25, 0.3) is 11.8 Å². The summed E-state index contributed by atoms with van der Waals surface area (Å²) in [6.45, 7) is 0.0665. The highest BCUT2D eigenvalue weighted by atomic mass is 35.5. The first kappa shape index (κ1) is 21.9. The van der Waals surface area contributed by atoms with Crippen molar-refractivity contribution >= 4 is 35.0 Å².